The first-order valence-corrected chi connectivity index (χ1v) is 6.13. The van der Waals surface area contributed by atoms with Crippen molar-refractivity contribution in [1.82, 2.24) is 4.90 Å². The molecule has 0 saturated carbocycles. The lowest BCUT2D eigenvalue weighted by Gasteiger charge is -2.18. The molecule has 1 N–H and O–H groups in total. The molecule has 0 aromatic heterocycles. The fraction of sp³-hybridized carbons (Fsp3) is 0.462. The van der Waals surface area contributed by atoms with Crippen molar-refractivity contribution in [1.29, 1.82) is 0 Å². The predicted molar refractivity (Wildman–Crippen MR) is 71.2 cm³/mol. The normalized spacial score (nSPS) is 10.7. The van der Waals surface area contributed by atoms with Crippen LogP contribution in [0.1, 0.15) is 18.4 Å². The fourth-order valence-corrected chi connectivity index (χ4v) is 1.94. The second kappa shape index (κ2) is 7.24. The monoisotopic (exact) mass is 271 g/mol. The van der Waals surface area contributed by atoms with Crippen LogP contribution in [0.25, 0.3) is 0 Å². The minimum Gasteiger partial charge on any atom is -0.496 e. The molecule has 18 heavy (non-hydrogen) atoms. The molecule has 0 aliphatic carbocycles. The second-order valence-electron chi connectivity index (χ2n) is 4.19. The highest BCUT2D eigenvalue weighted by atomic mass is 35.5. The number of benzene rings is 1. The van der Waals surface area contributed by atoms with Crippen LogP contribution in [0.2, 0.25) is 5.02 Å². The van der Waals surface area contributed by atoms with Gasteiger partial charge in [0.25, 0.3) is 0 Å². The lowest BCUT2D eigenvalue weighted by molar-refractivity contribution is -0.137. The Labute approximate surface area is 112 Å². The summed E-state index contributed by atoms with van der Waals surface area (Å²) in [5, 5.41) is 9.25. The van der Waals surface area contributed by atoms with Gasteiger partial charge in [-0.1, -0.05) is 11.6 Å². The Bertz CT molecular complexity index is 409. The summed E-state index contributed by atoms with van der Waals surface area (Å²) in [7, 11) is 3.57. The van der Waals surface area contributed by atoms with Crippen LogP contribution in [0.5, 0.6) is 5.75 Å². The van der Waals surface area contributed by atoms with E-state index >= 15 is 0 Å². The van der Waals surface area contributed by atoms with Crippen LogP contribution in [0.15, 0.2) is 18.2 Å². The third kappa shape index (κ3) is 4.94. The Balaban J connectivity index is 2.55. The summed E-state index contributed by atoms with van der Waals surface area (Å²) in [6.45, 7) is 1.41. The van der Waals surface area contributed by atoms with Crippen LogP contribution in [-0.4, -0.2) is 36.7 Å². The maximum Gasteiger partial charge on any atom is 0.303 e. The molecule has 0 saturated heterocycles. The van der Waals surface area contributed by atoms with E-state index in [1.165, 1.54) is 0 Å². The average molecular weight is 272 g/mol. The number of rotatable bonds is 7. The first-order valence-electron chi connectivity index (χ1n) is 5.75. The predicted octanol–water partition coefficient (Wildman–Crippen LogP) is 2.65. The fourth-order valence-electron chi connectivity index (χ4n) is 1.74. The number of hydrogen-bond acceptors (Lipinski definition) is 3. The lowest BCUT2D eigenvalue weighted by atomic mass is 10.2. The molecular formula is C13H18ClNO3. The molecule has 0 aliphatic rings. The van der Waals surface area contributed by atoms with E-state index < -0.39 is 5.97 Å². The van der Waals surface area contributed by atoms with E-state index in [-0.39, 0.29) is 6.42 Å². The van der Waals surface area contributed by atoms with Gasteiger partial charge >= 0.3 is 5.97 Å². The van der Waals surface area contributed by atoms with Crippen molar-refractivity contribution in [2.45, 2.75) is 19.4 Å². The number of ether oxygens (including phenoxy) is 1. The summed E-state index contributed by atoms with van der Waals surface area (Å²) >= 11 is 5.95. The molecule has 4 nitrogen and oxygen atoms in total. The van der Waals surface area contributed by atoms with E-state index in [2.05, 4.69) is 4.90 Å². The molecule has 0 spiro atoms. The molecule has 0 atom stereocenters. The van der Waals surface area contributed by atoms with Crippen LogP contribution >= 0.6 is 11.6 Å². The number of hydrogen-bond donors (Lipinski definition) is 1. The minimum atomic E-state index is -0.760. The zero-order valence-electron chi connectivity index (χ0n) is 10.6. The van der Waals surface area contributed by atoms with E-state index in [0.717, 1.165) is 17.9 Å². The quantitative estimate of drug-likeness (QED) is 0.828. The van der Waals surface area contributed by atoms with E-state index in [4.69, 9.17) is 21.4 Å². The topological polar surface area (TPSA) is 49.8 Å². The Morgan fingerprint density at radius 2 is 2.22 bits per heavy atom. The first kappa shape index (κ1) is 14.8. The highest BCUT2D eigenvalue weighted by Crippen LogP contribution is 2.23. The third-order valence-corrected chi connectivity index (χ3v) is 2.85. The first-order chi connectivity index (χ1) is 8.52. The molecule has 1 rings (SSSR count). The van der Waals surface area contributed by atoms with Gasteiger partial charge in [0.2, 0.25) is 0 Å². The molecule has 0 radical (unpaired) electrons. The Hall–Kier alpha value is -1.26. The Morgan fingerprint density at radius 1 is 1.50 bits per heavy atom. The van der Waals surface area contributed by atoms with Crippen molar-refractivity contribution in [2.75, 3.05) is 20.7 Å². The number of halogens is 1. The minimum absolute atomic E-state index is 0.191. The molecule has 1 aromatic rings. The van der Waals surface area contributed by atoms with Crippen molar-refractivity contribution in [3.05, 3.63) is 28.8 Å². The number of carbonyl (C=O) groups is 1. The molecule has 0 fully saturated rings. The van der Waals surface area contributed by atoms with Gasteiger partial charge in [-0.25, -0.2) is 0 Å². The van der Waals surface area contributed by atoms with Gasteiger partial charge in [0.1, 0.15) is 5.75 Å². The lowest BCUT2D eigenvalue weighted by Crippen LogP contribution is -2.20. The molecule has 1 aromatic carbocycles. The number of methoxy groups -OCH3 is 1. The molecule has 0 bridgehead atoms. The summed E-state index contributed by atoms with van der Waals surface area (Å²) in [5.74, 6) is 0.0354. The average Bonchev–Trinajstić information content (AvgIpc) is 2.28. The maximum atomic E-state index is 10.4. The summed E-state index contributed by atoms with van der Waals surface area (Å²) in [4.78, 5) is 12.5. The molecule has 0 amide bonds. The maximum absolute atomic E-state index is 10.4. The SMILES string of the molecule is COc1ccc(Cl)cc1CN(C)CCCC(=O)O. The number of aliphatic carboxylic acids is 1. The highest BCUT2D eigenvalue weighted by molar-refractivity contribution is 6.30. The van der Waals surface area contributed by atoms with Gasteiger partial charge in [0.15, 0.2) is 0 Å². The Morgan fingerprint density at radius 3 is 2.83 bits per heavy atom. The molecule has 0 heterocycles. The number of nitrogens with zero attached hydrogens (tertiary/aromatic N) is 1. The van der Waals surface area contributed by atoms with Crippen molar-refractivity contribution in [3.8, 4) is 5.75 Å². The standard InChI is InChI=1S/C13H18ClNO3/c1-15(7-3-4-13(16)17)9-10-8-11(14)5-6-12(10)18-2/h5-6,8H,3-4,7,9H2,1-2H3,(H,16,17). The van der Waals surface area contributed by atoms with Gasteiger partial charge in [-0.3, -0.25) is 4.79 Å². The van der Waals surface area contributed by atoms with Crippen molar-refractivity contribution < 1.29 is 14.6 Å². The second-order valence-corrected chi connectivity index (χ2v) is 4.63. The van der Waals surface area contributed by atoms with Gasteiger partial charge in [0, 0.05) is 23.6 Å². The zero-order valence-corrected chi connectivity index (χ0v) is 11.4. The highest BCUT2D eigenvalue weighted by Gasteiger charge is 2.07. The van der Waals surface area contributed by atoms with Gasteiger partial charge in [0.05, 0.1) is 7.11 Å². The number of carboxylic acids is 1. The molecule has 0 unspecified atom stereocenters. The summed E-state index contributed by atoms with van der Waals surface area (Å²) < 4.78 is 5.26. The molecule has 5 heteroatoms. The van der Waals surface area contributed by atoms with Crippen LogP contribution in [0.4, 0.5) is 0 Å². The van der Waals surface area contributed by atoms with Crippen LogP contribution in [-0.2, 0) is 11.3 Å². The Kier molecular flexibility index (Phi) is 5.95. The van der Waals surface area contributed by atoms with E-state index in [0.29, 0.717) is 18.0 Å². The third-order valence-electron chi connectivity index (χ3n) is 2.61. The van der Waals surface area contributed by atoms with Crippen LogP contribution in [0, 0.1) is 0 Å². The summed E-state index contributed by atoms with van der Waals surface area (Å²) in [6, 6.07) is 5.49. The van der Waals surface area contributed by atoms with Gasteiger partial charge in [-0.2, -0.15) is 0 Å². The number of carboxylic acid groups (broad SMARTS) is 1. The van der Waals surface area contributed by atoms with Gasteiger partial charge < -0.3 is 14.7 Å². The van der Waals surface area contributed by atoms with Crippen molar-refractivity contribution >= 4 is 17.6 Å². The molecule has 100 valence electrons. The van der Waals surface area contributed by atoms with Crippen LogP contribution < -0.4 is 4.74 Å². The summed E-state index contributed by atoms with van der Waals surface area (Å²) in [6.07, 6.45) is 0.825. The molecule has 0 aliphatic heterocycles. The van der Waals surface area contributed by atoms with Crippen molar-refractivity contribution in [3.63, 3.8) is 0 Å². The van der Waals surface area contributed by atoms with E-state index in [1.807, 2.05) is 19.2 Å². The van der Waals surface area contributed by atoms with Crippen molar-refractivity contribution in [2.24, 2.45) is 0 Å². The van der Waals surface area contributed by atoms with Gasteiger partial charge in [-0.05, 0) is 38.2 Å². The largest absolute Gasteiger partial charge is 0.496 e. The smallest absolute Gasteiger partial charge is 0.303 e. The van der Waals surface area contributed by atoms with E-state index in [9.17, 15) is 4.79 Å². The zero-order chi connectivity index (χ0) is 13.5. The molecular weight excluding hydrogens is 254 g/mol. The summed E-state index contributed by atoms with van der Waals surface area (Å²) in [5.41, 5.74) is 1.00. The van der Waals surface area contributed by atoms with Gasteiger partial charge in [-0.15, -0.1) is 0 Å². The van der Waals surface area contributed by atoms with Crippen LogP contribution in [0.3, 0.4) is 0 Å². The van der Waals surface area contributed by atoms with E-state index in [1.54, 1.807) is 13.2 Å².